The minimum Gasteiger partial charge on any atom is -0.466 e. The molecular formula is C25H29N3O4S. The van der Waals surface area contributed by atoms with Crippen LogP contribution in [0.25, 0.3) is 0 Å². The number of esters is 1. The van der Waals surface area contributed by atoms with Gasteiger partial charge in [-0.25, -0.2) is 0 Å². The van der Waals surface area contributed by atoms with Crippen molar-refractivity contribution in [1.82, 2.24) is 5.32 Å². The second kappa shape index (κ2) is 12.1. The van der Waals surface area contributed by atoms with Gasteiger partial charge in [0.15, 0.2) is 5.11 Å². The summed E-state index contributed by atoms with van der Waals surface area (Å²) in [6.07, 6.45) is 3.40. The monoisotopic (exact) mass is 467 g/mol. The maximum absolute atomic E-state index is 12.1. The zero-order valence-corrected chi connectivity index (χ0v) is 19.5. The van der Waals surface area contributed by atoms with Crippen LogP contribution >= 0.6 is 12.2 Å². The molecule has 1 aliphatic rings. The average Bonchev–Trinajstić information content (AvgIpc) is 3.64. The Labute approximate surface area is 199 Å². The zero-order valence-electron chi connectivity index (χ0n) is 18.7. The third-order valence-electron chi connectivity index (χ3n) is 5.31. The van der Waals surface area contributed by atoms with Crippen LogP contribution in [0.5, 0.6) is 0 Å². The molecule has 0 atom stereocenters. The third-order valence-corrected chi connectivity index (χ3v) is 5.52. The van der Waals surface area contributed by atoms with Gasteiger partial charge in [-0.05, 0) is 68.1 Å². The first-order valence-corrected chi connectivity index (χ1v) is 11.5. The second-order valence-electron chi connectivity index (χ2n) is 8.05. The van der Waals surface area contributed by atoms with Crippen LogP contribution in [0.4, 0.5) is 11.4 Å². The number of thiocarbonyl (C=S) groups is 1. The molecule has 0 spiro atoms. The summed E-state index contributed by atoms with van der Waals surface area (Å²) in [6, 6.07) is 15.4. The van der Waals surface area contributed by atoms with Gasteiger partial charge in [-0.1, -0.05) is 36.4 Å². The number of ether oxygens (including phenoxy) is 1. The normalized spacial score (nSPS) is 12.5. The lowest BCUT2D eigenvalue weighted by atomic mass is 10.1. The van der Waals surface area contributed by atoms with E-state index in [1.165, 1.54) is 5.56 Å². The molecule has 174 valence electrons. The molecule has 1 saturated carbocycles. The fourth-order valence-corrected chi connectivity index (χ4v) is 3.45. The molecule has 0 radical (unpaired) electrons. The summed E-state index contributed by atoms with van der Waals surface area (Å²) in [4.78, 5) is 36.0. The van der Waals surface area contributed by atoms with E-state index >= 15 is 0 Å². The van der Waals surface area contributed by atoms with Crippen LogP contribution in [0, 0.1) is 12.8 Å². The average molecular weight is 468 g/mol. The Morgan fingerprint density at radius 1 is 0.970 bits per heavy atom. The molecule has 2 aromatic carbocycles. The summed E-state index contributed by atoms with van der Waals surface area (Å²) in [5.74, 6) is -0.647. The Balaban J connectivity index is 1.35. The van der Waals surface area contributed by atoms with Crippen LogP contribution in [-0.2, 0) is 25.5 Å². The SMILES string of the molecule is Cc1c(NC(=O)C2CC2)cccc1NC(=S)NC(=O)CCC(=O)OCCCc1ccccc1. The maximum Gasteiger partial charge on any atom is 0.306 e. The van der Waals surface area contributed by atoms with E-state index in [-0.39, 0.29) is 35.7 Å². The topological polar surface area (TPSA) is 96.5 Å². The molecule has 0 aromatic heterocycles. The van der Waals surface area contributed by atoms with E-state index in [9.17, 15) is 14.4 Å². The van der Waals surface area contributed by atoms with Crippen molar-refractivity contribution in [2.75, 3.05) is 17.2 Å². The highest BCUT2D eigenvalue weighted by molar-refractivity contribution is 7.80. The predicted octanol–water partition coefficient (Wildman–Crippen LogP) is 4.11. The van der Waals surface area contributed by atoms with E-state index in [0.29, 0.717) is 18.0 Å². The number of hydrogen-bond donors (Lipinski definition) is 3. The van der Waals surface area contributed by atoms with Gasteiger partial charge in [-0.15, -0.1) is 0 Å². The minimum atomic E-state index is -0.410. The van der Waals surface area contributed by atoms with Gasteiger partial charge in [0.1, 0.15) is 0 Å². The van der Waals surface area contributed by atoms with E-state index in [2.05, 4.69) is 16.0 Å². The quantitative estimate of drug-likeness (QED) is 0.276. The molecular weight excluding hydrogens is 438 g/mol. The predicted molar refractivity (Wildman–Crippen MR) is 132 cm³/mol. The fraction of sp³-hybridized carbons (Fsp3) is 0.360. The summed E-state index contributed by atoms with van der Waals surface area (Å²) in [5.41, 5.74) is 3.41. The number of nitrogens with one attached hydrogen (secondary N) is 3. The zero-order chi connectivity index (χ0) is 23.6. The van der Waals surface area contributed by atoms with Crippen LogP contribution in [0.1, 0.15) is 43.2 Å². The van der Waals surface area contributed by atoms with Crippen molar-refractivity contribution in [2.24, 2.45) is 5.92 Å². The Morgan fingerprint density at radius 3 is 2.36 bits per heavy atom. The number of anilines is 2. The number of carbonyl (C=O) groups is 3. The van der Waals surface area contributed by atoms with Gasteiger partial charge in [-0.3, -0.25) is 14.4 Å². The number of hydrogen-bond acceptors (Lipinski definition) is 5. The van der Waals surface area contributed by atoms with Crippen LogP contribution in [0.2, 0.25) is 0 Å². The largest absolute Gasteiger partial charge is 0.466 e. The van der Waals surface area contributed by atoms with E-state index in [4.69, 9.17) is 17.0 Å². The molecule has 1 aliphatic carbocycles. The summed E-state index contributed by atoms with van der Waals surface area (Å²) in [5, 5.41) is 8.61. The van der Waals surface area contributed by atoms with Gasteiger partial charge >= 0.3 is 5.97 Å². The molecule has 2 aromatic rings. The molecule has 8 heteroatoms. The number of rotatable bonds is 10. The Kier molecular flexibility index (Phi) is 8.95. The van der Waals surface area contributed by atoms with Crippen molar-refractivity contribution in [3.63, 3.8) is 0 Å². The number of amides is 2. The van der Waals surface area contributed by atoms with Crippen LogP contribution < -0.4 is 16.0 Å². The highest BCUT2D eigenvalue weighted by Gasteiger charge is 2.29. The van der Waals surface area contributed by atoms with Gasteiger partial charge < -0.3 is 20.7 Å². The molecule has 0 bridgehead atoms. The lowest BCUT2D eigenvalue weighted by Gasteiger charge is -2.15. The van der Waals surface area contributed by atoms with Crippen LogP contribution in [0.3, 0.4) is 0 Å². The van der Waals surface area contributed by atoms with Gasteiger partial charge in [0.25, 0.3) is 0 Å². The van der Waals surface area contributed by atoms with Crippen molar-refractivity contribution in [2.45, 2.75) is 45.4 Å². The maximum atomic E-state index is 12.1. The van der Waals surface area contributed by atoms with Gasteiger partial charge in [0.2, 0.25) is 11.8 Å². The molecule has 3 rings (SSSR count). The van der Waals surface area contributed by atoms with Gasteiger partial charge in [0, 0.05) is 23.7 Å². The first-order valence-electron chi connectivity index (χ1n) is 11.1. The van der Waals surface area contributed by atoms with Gasteiger partial charge in [-0.2, -0.15) is 0 Å². The van der Waals surface area contributed by atoms with Crippen molar-refractivity contribution in [3.05, 3.63) is 59.7 Å². The molecule has 7 nitrogen and oxygen atoms in total. The molecule has 2 amide bonds. The highest BCUT2D eigenvalue weighted by atomic mass is 32.1. The van der Waals surface area contributed by atoms with Crippen molar-refractivity contribution >= 4 is 46.5 Å². The fourth-order valence-electron chi connectivity index (χ4n) is 3.22. The first-order chi connectivity index (χ1) is 15.9. The first kappa shape index (κ1) is 24.4. The van der Waals surface area contributed by atoms with Gasteiger partial charge in [0.05, 0.1) is 13.0 Å². The molecule has 3 N–H and O–H groups in total. The van der Waals surface area contributed by atoms with Crippen molar-refractivity contribution in [1.29, 1.82) is 0 Å². The second-order valence-corrected chi connectivity index (χ2v) is 8.46. The molecule has 0 heterocycles. The van der Waals surface area contributed by atoms with Crippen LogP contribution in [-0.4, -0.2) is 29.5 Å². The Morgan fingerprint density at radius 2 is 1.67 bits per heavy atom. The van der Waals surface area contributed by atoms with E-state index in [1.807, 2.05) is 49.4 Å². The Hall–Kier alpha value is -3.26. The minimum absolute atomic E-state index is 0.0124. The molecule has 0 unspecified atom stereocenters. The standard InChI is InChI=1S/C25H29N3O4S/c1-17-20(26-24(31)19-12-13-19)10-5-11-21(17)27-25(33)28-22(29)14-15-23(30)32-16-6-9-18-7-3-2-4-8-18/h2-5,7-8,10-11,19H,6,9,12-16H2,1H3,(H,26,31)(H2,27,28,29,33). The third kappa shape index (κ3) is 8.31. The molecule has 0 saturated heterocycles. The summed E-state index contributed by atoms with van der Waals surface area (Å²) in [6.45, 7) is 2.19. The smallest absolute Gasteiger partial charge is 0.306 e. The van der Waals surface area contributed by atoms with E-state index in [1.54, 1.807) is 6.07 Å². The highest BCUT2D eigenvalue weighted by Crippen LogP contribution is 2.31. The molecule has 33 heavy (non-hydrogen) atoms. The lowest BCUT2D eigenvalue weighted by molar-refractivity contribution is -0.145. The number of carbonyl (C=O) groups excluding carboxylic acids is 3. The van der Waals surface area contributed by atoms with Crippen molar-refractivity contribution < 1.29 is 19.1 Å². The number of benzene rings is 2. The molecule has 0 aliphatic heterocycles. The Bertz CT molecular complexity index is 1010. The van der Waals surface area contributed by atoms with Crippen LogP contribution in [0.15, 0.2) is 48.5 Å². The van der Waals surface area contributed by atoms with E-state index < -0.39 is 5.97 Å². The summed E-state index contributed by atoms with van der Waals surface area (Å²) in [7, 11) is 0. The summed E-state index contributed by atoms with van der Waals surface area (Å²) >= 11 is 5.22. The molecule has 1 fully saturated rings. The van der Waals surface area contributed by atoms with Crippen molar-refractivity contribution in [3.8, 4) is 0 Å². The lowest BCUT2D eigenvalue weighted by Crippen LogP contribution is -2.34. The summed E-state index contributed by atoms with van der Waals surface area (Å²) < 4.78 is 5.19. The van der Waals surface area contributed by atoms with E-state index in [0.717, 1.165) is 31.2 Å². The number of aryl methyl sites for hydroxylation is 1.